The summed E-state index contributed by atoms with van der Waals surface area (Å²) in [5.41, 5.74) is 2.55. The minimum Gasteiger partial charge on any atom is -0.383 e. The van der Waals surface area contributed by atoms with E-state index in [1.165, 1.54) is 0 Å². The number of nitrogens with one attached hydrogen (secondary N) is 2. The Balaban J connectivity index is 1.93. The molecular formula is C21H24N4O3. The smallest absolute Gasteiger partial charge is 0.287 e. The SMILES string of the molecule is COCCNC(=O)c1nc(C(=O)Nc2ccccc2C(C)C)c2ccccn12. The molecular weight excluding hydrogens is 356 g/mol. The summed E-state index contributed by atoms with van der Waals surface area (Å²) in [7, 11) is 1.56. The van der Waals surface area contributed by atoms with Gasteiger partial charge in [0.05, 0.1) is 12.1 Å². The van der Waals surface area contributed by atoms with Gasteiger partial charge in [-0.25, -0.2) is 4.98 Å². The molecule has 0 saturated heterocycles. The van der Waals surface area contributed by atoms with E-state index >= 15 is 0 Å². The van der Waals surface area contributed by atoms with E-state index in [-0.39, 0.29) is 29.3 Å². The zero-order valence-electron chi connectivity index (χ0n) is 16.2. The van der Waals surface area contributed by atoms with Crippen LogP contribution in [-0.2, 0) is 4.74 Å². The molecule has 0 unspecified atom stereocenters. The van der Waals surface area contributed by atoms with Gasteiger partial charge in [0.1, 0.15) is 0 Å². The second kappa shape index (κ2) is 8.67. The quantitative estimate of drug-likeness (QED) is 0.617. The van der Waals surface area contributed by atoms with Gasteiger partial charge >= 0.3 is 0 Å². The Bertz CT molecular complexity index is 994. The van der Waals surface area contributed by atoms with Crippen LogP contribution in [0.3, 0.4) is 0 Å². The summed E-state index contributed by atoms with van der Waals surface area (Å²) in [4.78, 5) is 29.8. The molecule has 28 heavy (non-hydrogen) atoms. The Morgan fingerprint density at radius 2 is 1.86 bits per heavy atom. The van der Waals surface area contributed by atoms with Crippen molar-refractivity contribution < 1.29 is 14.3 Å². The van der Waals surface area contributed by atoms with Gasteiger partial charge in [0.2, 0.25) is 5.82 Å². The third-order valence-electron chi connectivity index (χ3n) is 4.39. The number of benzene rings is 1. The van der Waals surface area contributed by atoms with Gasteiger partial charge in [-0.3, -0.25) is 14.0 Å². The molecule has 2 heterocycles. The number of para-hydroxylation sites is 1. The molecule has 7 nitrogen and oxygen atoms in total. The fraction of sp³-hybridized carbons (Fsp3) is 0.286. The fourth-order valence-electron chi connectivity index (χ4n) is 3.01. The summed E-state index contributed by atoms with van der Waals surface area (Å²) in [6, 6.07) is 13.0. The maximum Gasteiger partial charge on any atom is 0.287 e. The average Bonchev–Trinajstić information content (AvgIpc) is 3.08. The predicted molar refractivity (Wildman–Crippen MR) is 108 cm³/mol. The highest BCUT2D eigenvalue weighted by Gasteiger charge is 2.22. The first-order valence-electron chi connectivity index (χ1n) is 9.17. The second-order valence-electron chi connectivity index (χ2n) is 6.68. The zero-order valence-corrected chi connectivity index (χ0v) is 16.2. The number of carbonyl (C=O) groups is 2. The molecule has 0 aliphatic heterocycles. The first-order valence-corrected chi connectivity index (χ1v) is 9.17. The number of fused-ring (bicyclic) bond motifs is 1. The average molecular weight is 380 g/mol. The largest absolute Gasteiger partial charge is 0.383 e. The number of rotatable bonds is 7. The summed E-state index contributed by atoms with van der Waals surface area (Å²) >= 11 is 0. The molecule has 1 aromatic carbocycles. The van der Waals surface area contributed by atoms with E-state index in [9.17, 15) is 9.59 Å². The van der Waals surface area contributed by atoms with Crippen molar-refractivity contribution in [3.63, 3.8) is 0 Å². The van der Waals surface area contributed by atoms with Crippen molar-refractivity contribution in [3.05, 3.63) is 65.7 Å². The lowest BCUT2D eigenvalue weighted by Crippen LogP contribution is -2.28. The maximum absolute atomic E-state index is 13.0. The number of nitrogens with zero attached hydrogens (tertiary/aromatic N) is 2. The van der Waals surface area contributed by atoms with Crippen LogP contribution in [0.5, 0.6) is 0 Å². The Kier molecular flexibility index (Phi) is 6.06. The summed E-state index contributed by atoms with van der Waals surface area (Å²) in [5.74, 6) is -0.293. The topological polar surface area (TPSA) is 84.7 Å². The Morgan fingerprint density at radius 1 is 1.11 bits per heavy atom. The van der Waals surface area contributed by atoms with E-state index in [1.807, 2.05) is 30.3 Å². The van der Waals surface area contributed by atoms with Crippen LogP contribution in [-0.4, -0.2) is 41.5 Å². The highest BCUT2D eigenvalue weighted by Crippen LogP contribution is 2.24. The fourth-order valence-corrected chi connectivity index (χ4v) is 3.01. The molecule has 7 heteroatoms. The second-order valence-corrected chi connectivity index (χ2v) is 6.68. The van der Waals surface area contributed by atoms with Crippen LogP contribution in [0.1, 0.15) is 46.4 Å². The van der Waals surface area contributed by atoms with Gasteiger partial charge in [0, 0.05) is 25.5 Å². The molecule has 2 N–H and O–H groups in total. The van der Waals surface area contributed by atoms with Crippen LogP contribution in [0.4, 0.5) is 5.69 Å². The summed E-state index contributed by atoms with van der Waals surface area (Å²) in [5, 5.41) is 5.68. The van der Waals surface area contributed by atoms with Crippen molar-refractivity contribution in [1.82, 2.24) is 14.7 Å². The minimum absolute atomic E-state index is 0.161. The highest BCUT2D eigenvalue weighted by atomic mass is 16.5. The Hall–Kier alpha value is -3.19. The molecule has 0 spiro atoms. The normalized spacial score (nSPS) is 11.0. The number of pyridine rings is 1. The van der Waals surface area contributed by atoms with E-state index < -0.39 is 0 Å². The summed E-state index contributed by atoms with van der Waals surface area (Å²) in [6.07, 6.45) is 1.71. The Morgan fingerprint density at radius 3 is 2.61 bits per heavy atom. The van der Waals surface area contributed by atoms with Crippen molar-refractivity contribution in [2.45, 2.75) is 19.8 Å². The van der Waals surface area contributed by atoms with Gasteiger partial charge in [-0.2, -0.15) is 0 Å². The number of anilines is 1. The molecule has 0 saturated carbocycles. The monoisotopic (exact) mass is 380 g/mol. The zero-order chi connectivity index (χ0) is 20.1. The van der Waals surface area contributed by atoms with E-state index in [0.717, 1.165) is 11.3 Å². The summed E-state index contributed by atoms with van der Waals surface area (Å²) in [6.45, 7) is 4.90. The standard InChI is InChI=1S/C21H24N4O3/c1-14(2)15-8-4-5-9-16(15)23-20(26)18-17-10-6-7-12-25(17)19(24-18)21(27)22-11-13-28-3/h4-10,12,14H,11,13H2,1-3H3,(H,22,27)(H,23,26). The van der Waals surface area contributed by atoms with Crippen LogP contribution in [0.25, 0.3) is 5.52 Å². The van der Waals surface area contributed by atoms with Gasteiger partial charge in [0.15, 0.2) is 5.69 Å². The predicted octanol–water partition coefficient (Wildman–Crippen LogP) is 3.09. The third-order valence-corrected chi connectivity index (χ3v) is 4.39. The molecule has 2 aromatic heterocycles. The third kappa shape index (κ3) is 4.04. The van der Waals surface area contributed by atoms with E-state index in [2.05, 4.69) is 29.5 Å². The molecule has 0 aliphatic rings. The number of amides is 2. The molecule has 2 amide bonds. The molecule has 0 fully saturated rings. The van der Waals surface area contributed by atoms with E-state index in [4.69, 9.17) is 4.74 Å². The first kappa shape index (κ1) is 19.6. The van der Waals surface area contributed by atoms with Crippen molar-refractivity contribution in [1.29, 1.82) is 0 Å². The molecule has 3 aromatic rings. The molecule has 0 atom stereocenters. The maximum atomic E-state index is 13.0. The van der Waals surface area contributed by atoms with Crippen molar-refractivity contribution in [2.75, 3.05) is 25.6 Å². The number of hydrogen-bond acceptors (Lipinski definition) is 4. The number of methoxy groups -OCH3 is 1. The van der Waals surface area contributed by atoms with Crippen LogP contribution in [0.15, 0.2) is 48.7 Å². The van der Waals surface area contributed by atoms with Crippen molar-refractivity contribution >= 4 is 23.0 Å². The first-order chi connectivity index (χ1) is 13.5. The number of ether oxygens (including phenoxy) is 1. The van der Waals surface area contributed by atoms with E-state index in [0.29, 0.717) is 18.7 Å². The van der Waals surface area contributed by atoms with Crippen LogP contribution in [0.2, 0.25) is 0 Å². The lowest BCUT2D eigenvalue weighted by Gasteiger charge is -2.13. The van der Waals surface area contributed by atoms with E-state index in [1.54, 1.807) is 29.8 Å². The van der Waals surface area contributed by atoms with Crippen molar-refractivity contribution in [3.8, 4) is 0 Å². The minimum atomic E-state index is -0.361. The van der Waals surface area contributed by atoms with Gasteiger partial charge < -0.3 is 15.4 Å². The highest BCUT2D eigenvalue weighted by molar-refractivity contribution is 6.09. The van der Waals surface area contributed by atoms with Gasteiger partial charge in [-0.15, -0.1) is 0 Å². The number of aromatic nitrogens is 2. The van der Waals surface area contributed by atoms with Gasteiger partial charge in [0.25, 0.3) is 11.8 Å². The molecule has 146 valence electrons. The number of carbonyl (C=O) groups excluding carboxylic acids is 2. The van der Waals surface area contributed by atoms with Crippen LogP contribution < -0.4 is 10.6 Å². The van der Waals surface area contributed by atoms with Gasteiger partial charge in [-0.1, -0.05) is 38.1 Å². The molecule has 0 bridgehead atoms. The van der Waals surface area contributed by atoms with Crippen LogP contribution in [0, 0.1) is 0 Å². The molecule has 3 rings (SSSR count). The number of imidazole rings is 1. The molecule has 0 aliphatic carbocycles. The molecule has 0 radical (unpaired) electrons. The van der Waals surface area contributed by atoms with Gasteiger partial charge in [-0.05, 0) is 29.7 Å². The Labute approximate surface area is 163 Å². The summed E-state index contributed by atoms with van der Waals surface area (Å²) < 4.78 is 6.57. The van der Waals surface area contributed by atoms with Crippen molar-refractivity contribution in [2.24, 2.45) is 0 Å². The lowest BCUT2D eigenvalue weighted by molar-refractivity contribution is 0.0926. The number of hydrogen-bond donors (Lipinski definition) is 2. The van der Waals surface area contributed by atoms with Crippen LogP contribution >= 0.6 is 0 Å². The lowest BCUT2D eigenvalue weighted by atomic mass is 10.0.